The van der Waals surface area contributed by atoms with Gasteiger partial charge in [0.25, 0.3) is 5.91 Å². The minimum Gasteiger partial charge on any atom is -0.482 e. The third-order valence-electron chi connectivity index (χ3n) is 3.87. The summed E-state index contributed by atoms with van der Waals surface area (Å²) in [5.41, 5.74) is 0. The van der Waals surface area contributed by atoms with Crippen LogP contribution in [-0.4, -0.2) is 48.7 Å². The fraction of sp³-hybridized carbons (Fsp3) is 0.500. The lowest BCUT2D eigenvalue weighted by molar-refractivity contribution is -0.137. The van der Waals surface area contributed by atoms with Crippen LogP contribution in [0.25, 0.3) is 0 Å². The fourth-order valence-electron chi connectivity index (χ4n) is 2.54. The molecule has 1 aromatic rings. The predicted molar refractivity (Wildman–Crippen MR) is 98.1 cm³/mol. The molecular weight excluding hydrogens is 371 g/mol. The van der Waals surface area contributed by atoms with Crippen LogP contribution in [0, 0.1) is 5.92 Å². The Hall–Kier alpha value is -1.11. The van der Waals surface area contributed by atoms with E-state index in [-0.39, 0.29) is 24.3 Å². The highest BCUT2D eigenvalue weighted by Crippen LogP contribution is 2.27. The molecule has 8 heteroatoms. The number of hydrogen-bond acceptors (Lipinski definition) is 4. The third kappa shape index (κ3) is 5.46. The van der Waals surface area contributed by atoms with E-state index in [9.17, 15) is 9.59 Å². The molecule has 2 rings (SSSR count). The van der Waals surface area contributed by atoms with Gasteiger partial charge in [-0.05, 0) is 31.0 Å². The number of rotatable bonds is 6. The SMILES string of the molecule is O=C(NCCS)C1CCN(C(=O)COc2ccc(Cl)cc2Cl)CC1. The van der Waals surface area contributed by atoms with E-state index in [1.807, 2.05) is 0 Å². The van der Waals surface area contributed by atoms with Crippen LogP contribution in [0.3, 0.4) is 0 Å². The van der Waals surface area contributed by atoms with Crippen LogP contribution in [0.4, 0.5) is 0 Å². The number of carbonyl (C=O) groups excluding carboxylic acids is 2. The van der Waals surface area contributed by atoms with Gasteiger partial charge >= 0.3 is 0 Å². The van der Waals surface area contributed by atoms with Gasteiger partial charge in [0.2, 0.25) is 5.91 Å². The van der Waals surface area contributed by atoms with Crippen molar-refractivity contribution in [2.24, 2.45) is 5.92 Å². The highest BCUT2D eigenvalue weighted by molar-refractivity contribution is 7.80. The van der Waals surface area contributed by atoms with Crippen LogP contribution in [0.1, 0.15) is 12.8 Å². The maximum absolute atomic E-state index is 12.2. The predicted octanol–water partition coefficient (Wildman–Crippen LogP) is 2.66. The third-order valence-corrected chi connectivity index (χ3v) is 4.63. The van der Waals surface area contributed by atoms with Crippen molar-refractivity contribution >= 4 is 47.6 Å². The molecule has 0 unspecified atom stereocenters. The van der Waals surface area contributed by atoms with Crippen LogP contribution in [0.2, 0.25) is 10.0 Å². The highest BCUT2D eigenvalue weighted by Gasteiger charge is 2.27. The summed E-state index contributed by atoms with van der Waals surface area (Å²) in [6, 6.07) is 4.86. The van der Waals surface area contributed by atoms with E-state index >= 15 is 0 Å². The molecule has 1 aliphatic rings. The number of thiol groups is 1. The molecule has 0 radical (unpaired) electrons. The number of benzene rings is 1. The lowest BCUT2D eigenvalue weighted by Crippen LogP contribution is -2.44. The number of carbonyl (C=O) groups is 2. The first-order valence-electron chi connectivity index (χ1n) is 7.75. The Morgan fingerprint density at radius 1 is 1.29 bits per heavy atom. The molecule has 2 amide bonds. The second-order valence-corrected chi connectivity index (χ2v) is 6.82. The number of amides is 2. The zero-order valence-corrected chi connectivity index (χ0v) is 15.5. The molecule has 1 saturated heterocycles. The van der Waals surface area contributed by atoms with Gasteiger partial charge in [-0.2, -0.15) is 12.6 Å². The highest BCUT2D eigenvalue weighted by atomic mass is 35.5. The first kappa shape index (κ1) is 19.2. The summed E-state index contributed by atoms with van der Waals surface area (Å²) in [7, 11) is 0. The van der Waals surface area contributed by atoms with Crippen molar-refractivity contribution in [2.75, 3.05) is 32.0 Å². The molecule has 1 aliphatic heterocycles. The average Bonchev–Trinajstić information content (AvgIpc) is 2.58. The second-order valence-electron chi connectivity index (χ2n) is 5.53. The summed E-state index contributed by atoms with van der Waals surface area (Å²) in [6.07, 6.45) is 1.32. The van der Waals surface area contributed by atoms with Crippen LogP contribution in [0.15, 0.2) is 18.2 Å². The number of hydrogen-bond donors (Lipinski definition) is 2. The van der Waals surface area contributed by atoms with E-state index in [4.69, 9.17) is 27.9 Å². The standard InChI is InChI=1S/C16H20Cl2N2O3S/c17-12-1-2-14(13(18)9-12)23-10-15(21)20-6-3-11(4-7-20)16(22)19-5-8-24/h1-2,9,11,24H,3-8,10H2,(H,19,22). The van der Waals surface area contributed by atoms with Crippen LogP contribution in [-0.2, 0) is 9.59 Å². The molecule has 0 saturated carbocycles. The molecule has 0 aromatic heterocycles. The maximum Gasteiger partial charge on any atom is 0.260 e. The van der Waals surface area contributed by atoms with Gasteiger partial charge in [0.1, 0.15) is 5.75 Å². The van der Waals surface area contributed by atoms with Crippen molar-refractivity contribution in [2.45, 2.75) is 12.8 Å². The van der Waals surface area contributed by atoms with E-state index in [0.717, 1.165) is 0 Å². The molecule has 1 N–H and O–H groups in total. The molecule has 0 spiro atoms. The molecule has 0 bridgehead atoms. The molecule has 1 fully saturated rings. The molecule has 24 heavy (non-hydrogen) atoms. The zero-order valence-electron chi connectivity index (χ0n) is 13.1. The number of ether oxygens (including phenoxy) is 1. The summed E-state index contributed by atoms with van der Waals surface area (Å²) >= 11 is 15.9. The summed E-state index contributed by atoms with van der Waals surface area (Å²) in [5.74, 6) is 0.930. The molecular formula is C16H20Cl2N2O3S. The van der Waals surface area contributed by atoms with Gasteiger partial charge in [-0.15, -0.1) is 0 Å². The quantitative estimate of drug-likeness (QED) is 0.734. The lowest BCUT2D eigenvalue weighted by Gasteiger charge is -2.31. The molecule has 0 aliphatic carbocycles. The van der Waals surface area contributed by atoms with Crippen molar-refractivity contribution < 1.29 is 14.3 Å². The minimum absolute atomic E-state index is 0.0411. The Morgan fingerprint density at radius 3 is 2.62 bits per heavy atom. The smallest absolute Gasteiger partial charge is 0.260 e. The number of halogens is 2. The van der Waals surface area contributed by atoms with Crippen LogP contribution >= 0.6 is 35.8 Å². The van der Waals surface area contributed by atoms with Crippen LogP contribution < -0.4 is 10.1 Å². The summed E-state index contributed by atoms with van der Waals surface area (Å²) in [5, 5.41) is 3.72. The normalized spacial score (nSPS) is 15.2. The van der Waals surface area contributed by atoms with E-state index in [1.54, 1.807) is 23.1 Å². The zero-order chi connectivity index (χ0) is 17.5. The van der Waals surface area contributed by atoms with Crippen molar-refractivity contribution in [1.29, 1.82) is 0 Å². The van der Waals surface area contributed by atoms with Gasteiger partial charge in [-0.1, -0.05) is 23.2 Å². The Morgan fingerprint density at radius 2 is 2.00 bits per heavy atom. The Labute approximate surface area is 157 Å². The van der Waals surface area contributed by atoms with E-state index < -0.39 is 0 Å². The number of piperidine rings is 1. The molecule has 5 nitrogen and oxygen atoms in total. The average molecular weight is 391 g/mol. The topological polar surface area (TPSA) is 58.6 Å². The lowest BCUT2D eigenvalue weighted by atomic mass is 9.96. The molecule has 0 atom stereocenters. The van der Waals surface area contributed by atoms with E-state index in [0.29, 0.717) is 54.0 Å². The fourth-order valence-corrected chi connectivity index (χ4v) is 3.11. The number of likely N-dealkylation sites (tertiary alicyclic amines) is 1. The van der Waals surface area contributed by atoms with Gasteiger partial charge in [-0.3, -0.25) is 9.59 Å². The van der Waals surface area contributed by atoms with Gasteiger partial charge in [0.15, 0.2) is 6.61 Å². The van der Waals surface area contributed by atoms with Crippen molar-refractivity contribution in [1.82, 2.24) is 10.2 Å². The summed E-state index contributed by atoms with van der Waals surface area (Å²) < 4.78 is 5.46. The first-order valence-corrected chi connectivity index (χ1v) is 9.14. The van der Waals surface area contributed by atoms with Crippen molar-refractivity contribution in [3.05, 3.63) is 28.2 Å². The van der Waals surface area contributed by atoms with Gasteiger partial charge in [0.05, 0.1) is 5.02 Å². The molecule has 1 aromatic carbocycles. The molecule has 1 heterocycles. The van der Waals surface area contributed by atoms with Gasteiger partial charge in [-0.25, -0.2) is 0 Å². The van der Waals surface area contributed by atoms with Crippen molar-refractivity contribution in [3.8, 4) is 5.75 Å². The monoisotopic (exact) mass is 390 g/mol. The van der Waals surface area contributed by atoms with Gasteiger partial charge < -0.3 is 15.0 Å². The van der Waals surface area contributed by atoms with Crippen LogP contribution in [0.5, 0.6) is 5.75 Å². The molecule has 132 valence electrons. The number of nitrogens with one attached hydrogen (secondary N) is 1. The Balaban J connectivity index is 1.77. The minimum atomic E-state index is -0.116. The Bertz CT molecular complexity index is 593. The summed E-state index contributed by atoms with van der Waals surface area (Å²) in [4.78, 5) is 25.8. The second kappa shape index (κ2) is 9.39. The van der Waals surface area contributed by atoms with Gasteiger partial charge in [0, 0.05) is 36.3 Å². The summed E-state index contributed by atoms with van der Waals surface area (Å²) in [6.45, 7) is 1.58. The van der Waals surface area contributed by atoms with Crippen molar-refractivity contribution in [3.63, 3.8) is 0 Å². The van der Waals surface area contributed by atoms with E-state index in [2.05, 4.69) is 17.9 Å². The Kier molecular flexibility index (Phi) is 7.52. The first-order chi connectivity index (χ1) is 11.5. The number of nitrogens with zero attached hydrogens (tertiary/aromatic N) is 1. The largest absolute Gasteiger partial charge is 0.482 e. The van der Waals surface area contributed by atoms with E-state index in [1.165, 1.54) is 0 Å². The maximum atomic E-state index is 12.2.